The normalized spacial score (nSPS) is 18.3. The number of nitrogens with zero attached hydrogens (tertiary/aromatic N) is 1. The summed E-state index contributed by atoms with van der Waals surface area (Å²) in [5.74, 6) is -0.705. The summed E-state index contributed by atoms with van der Waals surface area (Å²) in [7, 11) is -3.68. The van der Waals surface area contributed by atoms with Crippen molar-refractivity contribution in [2.24, 2.45) is 0 Å². The number of sulfonamides is 1. The van der Waals surface area contributed by atoms with Gasteiger partial charge in [0.15, 0.2) is 0 Å². The topological polar surface area (TPSA) is 105 Å². The first-order valence-electron chi connectivity index (χ1n) is 8.64. The molecule has 0 aromatic heterocycles. The maximum absolute atomic E-state index is 12.7. The molecule has 1 aromatic rings. The molecule has 0 bridgehead atoms. The second-order valence-corrected chi connectivity index (χ2v) is 8.46. The quantitative estimate of drug-likeness (QED) is 0.723. The molecule has 142 valence electrons. The summed E-state index contributed by atoms with van der Waals surface area (Å²) < 4.78 is 32.0. The number of ether oxygens (including phenoxy) is 1. The Balaban J connectivity index is 1.71. The highest BCUT2D eigenvalue weighted by Gasteiger charge is 2.27. The zero-order chi connectivity index (χ0) is 18.7. The number of benzene rings is 1. The van der Waals surface area contributed by atoms with Crippen LogP contribution in [0.1, 0.15) is 28.8 Å². The van der Waals surface area contributed by atoms with Gasteiger partial charge in [-0.25, -0.2) is 8.42 Å². The van der Waals surface area contributed by atoms with Crippen molar-refractivity contribution in [1.82, 2.24) is 14.9 Å². The predicted molar refractivity (Wildman–Crippen MR) is 94.3 cm³/mol. The predicted octanol–water partition coefficient (Wildman–Crippen LogP) is 0.0243. The molecule has 1 saturated heterocycles. The van der Waals surface area contributed by atoms with E-state index in [4.69, 9.17) is 4.74 Å². The highest BCUT2D eigenvalue weighted by molar-refractivity contribution is 7.89. The van der Waals surface area contributed by atoms with Crippen LogP contribution < -0.4 is 10.6 Å². The first-order valence-corrected chi connectivity index (χ1v) is 10.1. The molecular formula is C17H23N3O5S. The van der Waals surface area contributed by atoms with Gasteiger partial charge in [-0.05, 0) is 37.5 Å². The van der Waals surface area contributed by atoms with Crippen LogP contribution in [0.25, 0.3) is 0 Å². The van der Waals surface area contributed by atoms with E-state index in [9.17, 15) is 18.0 Å². The van der Waals surface area contributed by atoms with E-state index < -0.39 is 15.9 Å². The molecule has 0 spiro atoms. The molecule has 8 nitrogen and oxygen atoms in total. The number of nitrogens with one attached hydrogen (secondary N) is 2. The fourth-order valence-electron chi connectivity index (χ4n) is 2.70. The van der Waals surface area contributed by atoms with Crippen molar-refractivity contribution in [1.29, 1.82) is 0 Å². The van der Waals surface area contributed by atoms with Crippen molar-refractivity contribution in [2.75, 3.05) is 32.8 Å². The van der Waals surface area contributed by atoms with Crippen LogP contribution in [-0.4, -0.2) is 63.4 Å². The fraction of sp³-hybridized carbons (Fsp3) is 0.529. The lowest BCUT2D eigenvalue weighted by molar-refractivity contribution is -0.120. The van der Waals surface area contributed by atoms with E-state index in [-0.39, 0.29) is 29.0 Å². The molecule has 2 aliphatic rings. The lowest BCUT2D eigenvalue weighted by Gasteiger charge is -2.26. The van der Waals surface area contributed by atoms with E-state index in [0.29, 0.717) is 31.9 Å². The van der Waals surface area contributed by atoms with Crippen LogP contribution in [0.15, 0.2) is 23.1 Å². The highest BCUT2D eigenvalue weighted by Crippen LogP contribution is 2.21. The number of morpholine rings is 1. The third-order valence-corrected chi connectivity index (χ3v) is 6.31. The summed E-state index contributed by atoms with van der Waals surface area (Å²) >= 11 is 0. The van der Waals surface area contributed by atoms with E-state index in [1.165, 1.54) is 16.4 Å². The third-order valence-electron chi connectivity index (χ3n) is 4.41. The number of aryl methyl sites for hydroxylation is 1. The molecule has 3 rings (SSSR count). The van der Waals surface area contributed by atoms with Crippen LogP contribution in [0.3, 0.4) is 0 Å². The molecule has 0 unspecified atom stereocenters. The van der Waals surface area contributed by atoms with Crippen LogP contribution in [0.4, 0.5) is 0 Å². The smallest absolute Gasteiger partial charge is 0.252 e. The number of hydrogen-bond donors (Lipinski definition) is 2. The molecule has 2 fully saturated rings. The maximum Gasteiger partial charge on any atom is 0.252 e. The molecule has 1 aromatic carbocycles. The van der Waals surface area contributed by atoms with Crippen LogP contribution in [0, 0.1) is 6.92 Å². The van der Waals surface area contributed by atoms with Gasteiger partial charge in [-0.1, -0.05) is 6.07 Å². The van der Waals surface area contributed by atoms with E-state index in [2.05, 4.69) is 10.6 Å². The average Bonchev–Trinajstić information content (AvgIpc) is 3.44. The van der Waals surface area contributed by atoms with Crippen molar-refractivity contribution >= 4 is 21.8 Å². The monoisotopic (exact) mass is 381 g/mol. The molecule has 1 saturated carbocycles. The molecule has 2 amide bonds. The molecule has 1 aliphatic heterocycles. The van der Waals surface area contributed by atoms with Crippen LogP contribution in [0.5, 0.6) is 0 Å². The zero-order valence-corrected chi connectivity index (χ0v) is 15.5. The van der Waals surface area contributed by atoms with Gasteiger partial charge in [0.2, 0.25) is 15.9 Å². The van der Waals surface area contributed by atoms with Crippen molar-refractivity contribution in [3.8, 4) is 0 Å². The number of rotatable bonds is 6. The molecule has 9 heteroatoms. The summed E-state index contributed by atoms with van der Waals surface area (Å²) in [6.07, 6.45) is 1.94. The van der Waals surface area contributed by atoms with E-state index in [1.807, 2.05) is 0 Å². The highest BCUT2D eigenvalue weighted by atomic mass is 32.2. The van der Waals surface area contributed by atoms with Gasteiger partial charge in [0.25, 0.3) is 5.91 Å². The third kappa shape index (κ3) is 4.40. The first-order chi connectivity index (χ1) is 12.4. The standard InChI is InChI=1S/C17H23N3O5S/c1-12-2-5-14(26(23,24)20-6-8-25-9-7-20)10-15(12)17(22)18-11-16(21)19-13-3-4-13/h2,5,10,13H,3-4,6-9,11H2,1H3,(H,18,22)(H,19,21). The minimum absolute atomic E-state index is 0.0672. The van der Waals surface area contributed by atoms with E-state index >= 15 is 0 Å². The van der Waals surface area contributed by atoms with Crippen molar-refractivity contribution < 1.29 is 22.7 Å². The van der Waals surface area contributed by atoms with Crippen LogP contribution in [-0.2, 0) is 19.6 Å². The molecule has 0 radical (unpaired) electrons. The molecular weight excluding hydrogens is 358 g/mol. The Morgan fingerprint density at radius 1 is 1.23 bits per heavy atom. The van der Waals surface area contributed by atoms with Crippen LogP contribution in [0.2, 0.25) is 0 Å². The number of carbonyl (C=O) groups is 2. The largest absolute Gasteiger partial charge is 0.379 e. The summed E-state index contributed by atoms with van der Waals surface area (Å²) in [6, 6.07) is 4.69. The Morgan fingerprint density at radius 2 is 1.92 bits per heavy atom. The molecule has 1 heterocycles. The second kappa shape index (κ2) is 7.73. The first kappa shape index (κ1) is 18.8. The Morgan fingerprint density at radius 3 is 2.58 bits per heavy atom. The van der Waals surface area contributed by atoms with Gasteiger partial charge in [-0.2, -0.15) is 4.31 Å². The fourth-order valence-corrected chi connectivity index (χ4v) is 4.14. The van der Waals surface area contributed by atoms with Gasteiger partial charge in [0.1, 0.15) is 0 Å². The van der Waals surface area contributed by atoms with Gasteiger partial charge < -0.3 is 15.4 Å². The number of hydrogen-bond acceptors (Lipinski definition) is 5. The minimum atomic E-state index is -3.68. The molecule has 2 N–H and O–H groups in total. The maximum atomic E-state index is 12.7. The minimum Gasteiger partial charge on any atom is -0.379 e. The van der Waals surface area contributed by atoms with Crippen molar-refractivity contribution in [3.63, 3.8) is 0 Å². The van der Waals surface area contributed by atoms with Gasteiger partial charge in [0.05, 0.1) is 24.7 Å². The Labute approximate surface area is 152 Å². The van der Waals surface area contributed by atoms with Crippen LogP contribution >= 0.6 is 0 Å². The molecule has 26 heavy (non-hydrogen) atoms. The average molecular weight is 381 g/mol. The van der Waals surface area contributed by atoms with Gasteiger partial charge >= 0.3 is 0 Å². The van der Waals surface area contributed by atoms with Gasteiger partial charge in [-0.15, -0.1) is 0 Å². The van der Waals surface area contributed by atoms with Gasteiger partial charge in [0, 0.05) is 24.7 Å². The Kier molecular flexibility index (Phi) is 5.59. The van der Waals surface area contributed by atoms with Crippen molar-refractivity contribution in [3.05, 3.63) is 29.3 Å². The SMILES string of the molecule is Cc1ccc(S(=O)(=O)N2CCOCC2)cc1C(=O)NCC(=O)NC1CC1. The Bertz CT molecular complexity index is 799. The van der Waals surface area contributed by atoms with Crippen molar-refractivity contribution in [2.45, 2.75) is 30.7 Å². The van der Waals surface area contributed by atoms with E-state index in [1.54, 1.807) is 13.0 Å². The number of carbonyl (C=O) groups excluding carboxylic acids is 2. The second-order valence-electron chi connectivity index (χ2n) is 6.52. The lowest BCUT2D eigenvalue weighted by atomic mass is 10.1. The van der Waals surface area contributed by atoms with Gasteiger partial charge in [-0.3, -0.25) is 9.59 Å². The van der Waals surface area contributed by atoms with E-state index in [0.717, 1.165) is 12.8 Å². The Hall–Kier alpha value is -1.97. The zero-order valence-electron chi connectivity index (χ0n) is 14.7. The molecule has 1 aliphatic carbocycles. The summed E-state index contributed by atoms with van der Waals surface area (Å²) in [5.41, 5.74) is 0.893. The summed E-state index contributed by atoms with van der Waals surface area (Å²) in [5, 5.41) is 5.34. The number of amides is 2. The summed E-state index contributed by atoms with van der Waals surface area (Å²) in [6.45, 7) is 2.89. The summed E-state index contributed by atoms with van der Waals surface area (Å²) in [4.78, 5) is 24.2. The lowest BCUT2D eigenvalue weighted by Crippen LogP contribution is -2.40. The molecule has 0 atom stereocenters.